The van der Waals surface area contributed by atoms with Gasteiger partial charge in [-0.15, -0.1) is 11.8 Å². The SMILES string of the molecule is CCSC(C(=O)NCC(Cc1cccc(C)c1)C(=O)O)C(C)C. The summed E-state index contributed by atoms with van der Waals surface area (Å²) in [6.07, 6.45) is 0.421. The number of hydrogen-bond acceptors (Lipinski definition) is 3. The predicted molar refractivity (Wildman–Crippen MR) is 95.8 cm³/mol. The van der Waals surface area contributed by atoms with Crippen molar-refractivity contribution in [2.45, 2.75) is 39.4 Å². The summed E-state index contributed by atoms with van der Waals surface area (Å²) >= 11 is 1.60. The molecule has 1 rings (SSSR count). The first-order valence-corrected chi connectivity index (χ1v) is 9.07. The monoisotopic (exact) mass is 337 g/mol. The summed E-state index contributed by atoms with van der Waals surface area (Å²) in [5.41, 5.74) is 2.09. The van der Waals surface area contributed by atoms with Crippen LogP contribution in [0.1, 0.15) is 31.9 Å². The molecule has 0 aliphatic rings. The summed E-state index contributed by atoms with van der Waals surface area (Å²) in [6, 6.07) is 7.82. The number of carbonyl (C=O) groups is 2. The van der Waals surface area contributed by atoms with E-state index in [1.807, 2.05) is 52.0 Å². The van der Waals surface area contributed by atoms with Crippen LogP contribution in [0.25, 0.3) is 0 Å². The number of amides is 1. The third-order valence-corrected chi connectivity index (χ3v) is 5.10. The second-order valence-corrected chi connectivity index (χ2v) is 7.51. The molecule has 23 heavy (non-hydrogen) atoms. The first-order chi connectivity index (χ1) is 10.8. The zero-order valence-electron chi connectivity index (χ0n) is 14.3. The highest BCUT2D eigenvalue weighted by Gasteiger charge is 2.24. The Labute approximate surface area is 143 Å². The van der Waals surface area contributed by atoms with E-state index in [2.05, 4.69) is 5.32 Å². The van der Waals surface area contributed by atoms with Crippen LogP contribution >= 0.6 is 11.8 Å². The van der Waals surface area contributed by atoms with E-state index in [-0.39, 0.29) is 23.6 Å². The van der Waals surface area contributed by atoms with Crippen LogP contribution in [0.2, 0.25) is 0 Å². The van der Waals surface area contributed by atoms with Gasteiger partial charge in [0, 0.05) is 6.54 Å². The molecule has 0 radical (unpaired) electrons. The van der Waals surface area contributed by atoms with Gasteiger partial charge in [0.25, 0.3) is 0 Å². The van der Waals surface area contributed by atoms with Gasteiger partial charge in [-0.3, -0.25) is 9.59 Å². The maximum Gasteiger partial charge on any atom is 0.308 e. The highest BCUT2D eigenvalue weighted by Crippen LogP contribution is 2.19. The molecule has 2 atom stereocenters. The van der Waals surface area contributed by atoms with Crippen LogP contribution in [0.5, 0.6) is 0 Å². The lowest BCUT2D eigenvalue weighted by Gasteiger charge is -2.21. The van der Waals surface area contributed by atoms with Gasteiger partial charge in [-0.25, -0.2) is 0 Å². The average molecular weight is 337 g/mol. The highest BCUT2D eigenvalue weighted by atomic mass is 32.2. The van der Waals surface area contributed by atoms with Crippen molar-refractivity contribution in [3.05, 3.63) is 35.4 Å². The molecule has 0 aliphatic carbocycles. The van der Waals surface area contributed by atoms with Crippen molar-refractivity contribution in [2.24, 2.45) is 11.8 Å². The van der Waals surface area contributed by atoms with Crippen LogP contribution in [-0.4, -0.2) is 34.5 Å². The number of thioether (sulfide) groups is 1. The number of aliphatic carboxylic acids is 1. The quantitative estimate of drug-likeness (QED) is 0.726. The van der Waals surface area contributed by atoms with Gasteiger partial charge in [0.05, 0.1) is 11.2 Å². The van der Waals surface area contributed by atoms with Crippen molar-refractivity contribution in [2.75, 3.05) is 12.3 Å². The minimum absolute atomic E-state index is 0.0673. The number of benzene rings is 1. The molecule has 0 saturated carbocycles. The molecule has 4 nitrogen and oxygen atoms in total. The Kier molecular flexibility index (Phi) is 8.17. The van der Waals surface area contributed by atoms with Gasteiger partial charge in [0.1, 0.15) is 0 Å². The number of nitrogens with one attached hydrogen (secondary N) is 1. The lowest BCUT2D eigenvalue weighted by atomic mass is 9.98. The molecular formula is C18H27NO3S. The molecule has 0 fully saturated rings. The van der Waals surface area contributed by atoms with Crippen LogP contribution in [0.3, 0.4) is 0 Å². The summed E-state index contributed by atoms with van der Waals surface area (Å²) < 4.78 is 0. The van der Waals surface area contributed by atoms with E-state index in [0.717, 1.165) is 16.9 Å². The average Bonchev–Trinajstić information content (AvgIpc) is 2.48. The summed E-state index contributed by atoms with van der Waals surface area (Å²) in [7, 11) is 0. The first kappa shape index (κ1) is 19.6. The number of carboxylic acids is 1. The summed E-state index contributed by atoms with van der Waals surface area (Å²) in [4.78, 5) is 23.8. The van der Waals surface area contributed by atoms with Crippen LogP contribution in [0.15, 0.2) is 24.3 Å². The van der Waals surface area contributed by atoms with Crippen molar-refractivity contribution in [1.82, 2.24) is 5.32 Å². The van der Waals surface area contributed by atoms with Crippen molar-refractivity contribution in [3.63, 3.8) is 0 Å². The van der Waals surface area contributed by atoms with Crippen molar-refractivity contribution in [1.29, 1.82) is 0 Å². The Balaban J connectivity index is 2.66. The molecule has 1 aromatic carbocycles. The molecule has 2 N–H and O–H groups in total. The standard InChI is InChI=1S/C18H27NO3S/c1-5-23-16(12(2)3)17(20)19-11-15(18(21)22)10-14-8-6-7-13(4)9-14/h6-9,12,15-16H,5,10-11H2,1-4H3,(H,19,20)(H,21,22). The Bertz CT molecular complexity index is 531. The normalized spacial score (nSPS) is 13.6. The molecule has 0 spiro atoms. The molecule has 128 valence electrons. The van der Waals surface area contributed by atoms with Gasteiger partial charge in [0.15, 0.2) is 0 Å². The van der Waals surface area contributed by atoms with E-state index in [0.29, 0.717) is 6.42 Å². The van der Waals surface area contributed by atoms with Gasteiger partial charge in [0.2, 0.25) is 5.91 Å². The van der Waals surface area contributed by atoms with Gasteiger partial charge in [-0.1, -0.05) is 50.6 Å². The number of carboxylic acid groups (broad SMARTS) is 1. The Morgan fingerprint density at radius 1 is 1.30 bits per heavy atom. The molecule has 1 aromatic rings. The number of rotatable bonds is 9. The fourth-order valence-corrected chi connectivity index (χ4v) is 3.42. The lowest BCUT2D eigenvalue weighted by Crippen LogP contribution is -2.40. The third kappa shape index (κ3) is 6.65. The van der Waals surface area contributed by atoms with Gasteiger partial charge >= 0.3 is 5.97 Å². The Hall–Kier alpha value is -1.49. The van der Waals surface area contributed by atoms with Crippen LogP contribution in [0.4, 0.5) is 0 Å². The van der Waals surface area contributed by atoms with E-state index in [1.165, 1.54) is 0 Å². The van der Waals surface area contributed by atoms with Crippen LogP contribution in [-0.2, 0) is 16.0 Å². The topological polar surface area (TPSA) is 66.4 Å². The smallest absolute Gasteiger partial charge is 0.308 e. The molecule has 5 heteroatoms. The van der Waals surface area contributed by atoms with Crippen LogP contribution in [0, 0.1) is 18.8 Å². The van der Waals surface area contributed by atoms with E-state index < -0.39 is 11.9 Å². The number of hydrogen-bond donors (Lipinski definition) is 2. The molecule has 0 aliphatic heterocycles. The molecule has 1 amide bonds. The number of carbonyl (C=O) groups excluding carboxylic acids is 1. The molecule has 0 bridgehead atoms. The van der Waals surface area contributed by atoms with Gasteiger partial charge < -0.3 is 10.4 Å². The van der Waals surface area contributed by atoms with E-state index >= 15 is 0 Å². The zero-order chi connectivity index (χ0) is 17.4. The Morgan fingerprint density at radius 3 is 2.52 bits per heavy atom. The van der Waals surface area contributed by atoms with Crippen LogP contribution < -0.4 is 5.32 Å². The summed E-state index contributed by atoms with van der Waals surface area (Å²) in [6.45, 7) is 8.18. The predicted octanol–water partition coefficient (Wildman–Crippen LogP) is 3.13. The Morgan fingerprint density at radius 2 is 2.00 bits per heavy atom. The van der Waals surface area contributed by atoms with Crippen molar-refractivity contribution in [3.8, 4) is 0 Å². The van der Waals surface area contributed by atoms with Crippen molar-refractivity contribution >= 4 is 23.6 Å². The summed E-state index contributed by atoms with van der Waals surface area (Å²) in [5.74, 6) is -0.472. The molecular weight excluding hydrogens is 310 g/mol. The second-order valence-electron chi connectivity index (χ2n) is 6.09. The zero-order valence-corrected chi connectivity index (χ0v) is 15.2. The second kappa shape index (κ2) is 9.60. The fourth-order valence-electron chi connectivity index (χ4n) is 2.45. The fraction of sp³-hybridized carbons (Fsp3) is 0.556. The largest absolute Gasteiger partial charge is 0.481 e. The lowest BCUT2D eigenvalue weighted by molar-refractivity contribution is -0.141. The van der Waals surface area contributed by atoms with Crippen molar-refractivity contribution < 1.29 is 14.7 Å². The van der Waals surface area contributed by atoms with E-state index in [4.69, 9.17) is 0 Å². The van der Waals surface area contributed by atoms with Gasteiger partial charge in [-0.05, 0) is 30.6 Å². The summed E-state index contributed by atoms with van der Waals surface area (Å²) in [5, 5.41) is 12.1. The maximum atomic E-state index is 12.3. The molecule has 2 unspecified atom stereocenters. The maximum absolute atomic E-state index is 12.3. The first-order valence-electron chi connectivity index (χ1n) is 8.02. The molecule has 0 heterocycles. The highest BCUT2D eigenvalue weighted by molar-refractivity contribution is 8.00. The van der Waals surface area contributed by atoms with E-state index in [1.54, 1.807) is 11.8 Å². The minimum Gasteiger partial charge on any atom is -0.481 e. The third-order valence-electron chi connectivity index (χ3n) is 3.65. The minimum atomic E-state index is -0.879. The molecule has 0 aromatic heterocycles. The number of aryl methyl sites for hydroxylation is 1. The molecule has 0 saturated heterocycles. The van der Waals surface area contributed by atoms with E-state index in [9.17, 15) is 14.7 Å². The van der Waals surface area contributed by atoms with Gasteiger partial charge in [-0.2, -0.15) is 0 Å².